The molecule has 2 rings (SSSR count). The molecule has 2 aromatic rings. The Balaban J connectivity index is 2.20. The van der Waals surface area contributed by atoms with Gasteiger partial charge in [0.05, 0.1) is 5.56 Å². The van der Waals surface area contributed by atoms with Crippen LogP contribution in [0.5, 0.6) is 0 Å². The number of carbonyl (C=O) groups is 1. The standard InChI is InChI=1S/C10H8BrN3OS2/c1-5-12-10(17-14-5)13-9(15)7-3-2-6(11)4-8(7)16/h2-4,16H,1H3,(H,12,13,14,15). The summed E-state index contributed by atoms with van der Waals surface area (Å²) in [7, 11) is 0. The minimum atomic E-state index is -0.237. The van der Waals surface area contributed by atoms with E-state index in [0.29, 0.717) is 21.4 Å². The van der Waals surface area contributed by atoms with E-state index < -0.39 is 0 Å². The molecule has 7 heteroatoms. The lowest BCUT2D eigenvalue weighted by Crippen LogP contribution is -2.12. The smallest absolute Gasteiger partial charge is 0.258 e. The van der Waals surface area contributed by atoms with Crippen molar-refractivity contribution in [2.45, 2.75) is 11.8 Å². The van der Waals surface area contributed by atoms with E-state index in [0.717, 1.165) is 16.0 Å². The highest BCUT2D eigenvalue weighted by Crippen LogP contribution is 2.21. The van der Waals surface area contributed by atoms with Crippen LogP contribution in [0.3, 0.4) is 0 Å². The van der Waals surface area contributed by atoms with Crippen LogP contribution in [0, 0.1) is 6.92 Å². The lowest BCUT2D eigenvalue weighted by Gasteiger charge is -2.04. The van der Waals surface area contributed by atoms with Gasteiger partial charge >= 0.3 is 0 Å². The number of benzene rings is 1. The van der Waals surface area contributed by atoms with Crippen molar-refractivity contribution in [3.05, 3.63) is 34.1 Å². The van der Waals surface area contributed by atoms with Crippen molar-refractivity contribution >= 4 is 51.1 Å². The Hall–Kier alpha value is -0.920. The highest BCUT2D eigenvalue weighted by atomic mass is 79.9. The summed E-state index contributed by atoms with van der Waals surface area (Å²) in [5.41, 5.74) is 0.504. The summed E-state index contributed by atoms with van der Waals surface area (Å²) in [6.07, 6.45) is 0. The minimum absolute atomic E-state index is 0.237. The quantitative estimate of drug-likeness (QED) is 0.832. The Morgan fingerprint density at radius 2 is 2.29 bits per heavy atom. The molecule has 1 aromatic carbocycles. The Morgan fingerprint density at radius 3 is 2.88 bits per heavy atom. The number of hydrogen-bond acceptors (Lipinski definition) is 5. The zero-order valence-electron chi connectivity index (χ0n) is 8.77. The molecular formula is C10H8BrN3OS2. The van der Waals surface area contributed by atoms with Crippen LogP contribution in [0.15, 0.2) is 27.6 Å². The van der Waals surface area contributed by atoms with Crippen LogP contribution in [0.2, 0.25) is 0 Å². The highest BCUT2D eigenvalue weighted by Gasteiger charge is 2.11. The molecule has 0 aliphatic carbocycles. The maximum absolute atomic E-state index is 11.9. The van der Waals surface area contributed by atoms with Crippen LogP contribution in [0.1, 0.15) is 16.2 Å². The minimum Gasteiger partial charge on any atom is -0.297 e. The SMILES string of the molecule is Cc1nsc(NC(=O)c2ccc(Br)cc2S)n1. The maximum Gasteiger partial charge on any atom is 0.258 e. The number of rotatable bonds is 2. The van der Waals surface area contributed by atoms with Crippen molar-refractivity contribution in [1.29, 1.82) is 0 Å². The van der Waals surface area contributed by atoms with E-state index in [9.17, 15) is 4.79 Å². The van der Waals surface area contributed by atoms with Gasteiger partial charge in [-0.25, -0.2) is 4.98 Å². The highest BCUT2D eigenvalue weighted by molar-refractivity contribution is 9.10. The third kappa shape index (κ3) is 3.05. The first-order valence-corrected chi connectivity index (χ1v) is 6.68. The summed E-state index contributed by atoms with van der Waals surface area (Å²) in [6.45, 7) is 1.77. The zero-order valence-corrected chi connectivity index (χ0v) is 12.1. The summed E-state index contributed by atoms with van der Waals surface area (Å²) in [6, 6.07) is 5.26. The fraction of sp³-hybridized carbons (Fsp3) is 0.100. The summed E-state index contributed by atoms with van der Waals surface area (Å²) in [4.78, 5) is 16.6. The van der Waals surface area contributed by atoms with Crippen LogP contribution in [-0.4, -0.2) is 15.3 Å². The normalized spacial score (nSPS) is 10.3. The summed E-state index contributed by atoms with van der Waals surface area (Å²) in [5.74, 6) is 0.408. The van der Waals surface area contributed by atoms with Crippen LogP contribution >= 0.6 is 40.1 Å². The van der Waals surface area contributed by atoms with E-state index >= 15 is 0 Å². The molecule has 1 heterocycles. The molecule has 88 valence electrons. The lowest BCUT2D eigenvalue weighted by molar-refractivity contribution is 0.102. The van der Waals surface area contributed by atoms with Crippen molar-refractivity contribution < 1.29 is 4.79 Å². The number of thiol groups is 1. The van der Waals surface area contributed by atoms with Gasteiger partial charge in [0.2, 0.25) is 5.13 Å². The molecule has 1 N–H and O–H groups in total. The fourth-order valence-corrected chi connectivity index (χ4v) is 2.63. The van der Waals surface area contributed by atoms with Gasteiger partial charge in [0.15, 0.2) is 0 Å². The van der Waals surface area contributed by atoms with E-state index in [4.69, 9.17) is 0 Å². The van der Waals surface area contributed by atoms with E-state index in [1.54, 1.807) is 25.1 Å². The molecule has 17 heavy (non-hydrogen) atoms. The summed E-state index contributed by atoms with van der Waals surface area (Å²) >= 11 is 8.72. The first kappa shape index (κ1) is 12.5. The van der Waals surface area contributed by atoms with E-state index in [-0.39, 0.29) is 5.91 Å². The number of hydrogen-bond donors (Lipinski definition) is 2. The molecule has 0 aliphatic heterocycles. The van der Waals surface area contributed by atoms with Crippen molar-refractivity contribution in [3.8, 4) is 0 Å². The number of aryl methyl sites for hydroxylation is 1. The van der Waals surface area contributed by atoms with Crippen LogP contribution in [0.4, 0.5) is 5.13 Å². The van der Waals surface area contributed by atoms with Crippen molar-refractivity contribution in [1.82, 2.24) is 9.36 Å². The first-order chi connectivity index (χ1) is 8.06. The second-order valence-corrected chi connectivity index (χ2v) is 5.41. The molecule has 0 bridgehead atoms. The predicted molar refractivity (Wildman–Crippen MR) is 74.0 cm³/mol. The van der Waals surface area contributed by atoms with Crippen molar-refractivity contribution in [3.63, 3.8) is 0 Å². The van der Waals surface area contributed by atoms with E-state index in [1.807, 2.05) is 0 Å². The van der Waals surface area contributed by atoms with Gasteiger partial charge in [-0.05, 0) is 25.1 Å². The van der Waals surface area contributed by atoms with Gasteiger partial charge in [0, 0.05) is 20.9 Å². The van der Waals surface area contributed by atoms with Crippen LogP contribution in [0.25, 0.3) is 0 Å². The Bertz CT molecular complexity index is 570. The van der Waals surface area contributed by atoms with Crippen molar-refractivity contribution in [2.75, 3.05) is 5.32 Å². The first-order valence-electron chi connectivity index (χ1n) is 4.66. The molecule has 1 aromatic heterocycles. The number of nitrogens with one attached hydrogen (secondary N) is 1. The third-order valence-electron chi connectivity index (χ3n) is 1.95. The number of aromatic nitrogens is 2. The van der Waals surface area contributed by atoms with Gasteiger partial charge in [-0.1, -0.05) is 15.9 Å². The monoisotopic (exact) mass is 329 g/mol. The Labute approximate surface area is 116 Å². The zero-order chi connectivity index (χ0) is 12.4. The van der Waals surface area contributed by atoms with Gasteiger partial charge in [-0.15, -0.1) is 12.6 Å². The average molecular weight is 330 g/mol. The predicted octanol–water partition coefficient (Wildman–Crippen LogP) is 3.15. The third-order valence-corrected chi connectivity index (χ3v) is 3.54. The Kier molecular flexibility index (Phi) is 3.80. The van der Waals surface area contributed by atoms with Crippen LogP contribution in [-0.2, 0) is 0 Å². The summed E-state index contributed by atoms with van der Waals surface area (Å²) in [5, 5.41) is 3.17. The molecule has 0 unspecified atom stereocenters. The number of carbonyl (C=O) groups excluding carboxylic acids is 1. The molecular weight excluding hydrogens is 322 g/mol. The number of anilines is 1. The molecule has 0 radical (unpaired) electrons. The molecule has 0 atom stereocenters. The van der Waals surface area contributed by atoms with Gasteiger partial charge in [-0.3, -0.25) is 10.1 Å². The largest absolute Gasteiger partial charge is 0.297 e. The molecule has 0 saturated carbocycles. The fourth-order valence-electron chi connectivity index (χ4n) is 1.21. The molecule has 4 nitrogen and oxygen atoms in total. The number of amides is 1. The second kappa shape index (κ2) is 5.16. The Morgan fingerprint density at radius 1 is 1.53 bits per heavy atom. The van der Waals surface area contributed by atoms with Gasteiger partial charge in [0.25, 0.3) is 5.91 Å². The molecule has 0 aliphatic rings. The second-order valence-electron chi connectivity index (χ2n) is 3.26. The van der Waals surface area contributed by atoms with Crippen molar-refractivity contribution in [2.24, 2.45) is 0 Å². The molecule has 1 amide bonds. The molecule has 0 fully saturated rings. The molecule has 0 saturated heterocycles. The van der Waals surface area contributed by atoms with Gasteiger partial charge < -0.3 is 0 Å². The average Bonchev–Trinajstić information content (AvgIpc) is 2.63. The topological polar surface area (TPSA) is 54.9 Å². The van der Waals surface area contributed by atoms with E-state index in [2.05, 4.69) is 43.2 Å². The molecule has 0 spiro atoms. The summed E-state index contributed by atoms with van der Waals surface area (Å²) < 4.78 is 4.87. The number of nitrogens with zero attached hydrogens (tertiary/aromatic N) is 2. The number of halogens is 1. The van der Waals surface area contributed by atoms with Crippen LogP contribution < -0.4 is 5.32 Å². The van der Waals surface area contributed by atoms with Gasteiger partial charge in [0.1, 0.15) is 5.82 Å². The van der Waals surface area contributed by atoms with Gasteiger partial charge in [-0.2, -0.15) is 4.37 Å². The maximum atomic E-state index is 11.9. The lowest BCUT2D eigenvalue weighted by atomic mass is 10.2. The van der Waals surface area contributed by atoms with E-state index in [1.165, 1.54) is 0 Å².